The van der Waals surface area contributed by atoms with Crippen LogP contribution in [-0.2, 0) is 29.4 Å². The van der Waals surface area contributed by atoms with Crippen LogP contribution in [0.3, 0.4) is 0 Å². The summed E-state index contributed by atoms with van der Waals surface area (Å²) in [5.74, 6) is -0.0148. The van der Waals surface area contributed by atoms with Crippen molar-refractivity contribution in [1.29, 1.82) is 0 Å². The van der Waals surface area contributed by atoms with Crippen LogP contribution in [0, 0.1) is 6.92 Å². The van der Waals surface area contributed by atoms with Crippen LogP contribution in [0.5, 0.6) is 0 Å². The van der Waals surface area contributed by atoms with Crippen molar-refractivity contribution >= 4 is 21.1 Å². The third-order valence-corrected chi connectivity index (χ3v) is 5.06. The predicted octanol–water partition coefficient (Wildman–Crippen LogP) is 2.50. The number of nitrogens with one attached hydrogen (secondary N) is 1. The molecule has 0 spiro atoms. The summed E-state index contributed by atoms with van der Waals surface area (Å²) in [7, 11) is -1.44. The summed E-state index contributed by atoms with van der Waals surface area (Å²) in [4.78, 5) is 4.29. The van der Waals surface area contributed by atoms with Gasteiger partial charge >= 0.3 is 0 Å². The summed E-state index contributed by atoms with van der Waals surface area (Å²) in [6, 6.07) is 13.3. The van der Waals surface area contributed by atoms with E-state index in [0.717, 1.165) is 27.7 Å². The van der Waals surface area contributed by atoms with Crippen LogP contribution >= 0.6 is 0 Å². The molecule has 5 nitrogen and oxygen atoms in total. The van der Waals surface area contributed by atoms with E-state index in [4.69, 9.17) is 0 Å². The van der Waals surface area contributed by atoms with Gasteiger partial charge in [-0.1, -0.05) is 35.9 Å². The molecule has 0 saturated heterocycles. The quantitative estimate of drug-likeness (QED) is 0.782. The first-order valence-electron chi connectivity index (χ1n) is 7.36. The van der Waals surface area contributed by atoms with Crippen molar-refractivity contribution in [3.8, 4) is 0 Å². The maximum absolute atomic E-state index is 12.2. The number of aromatic nitrogens is 2. The van der Waals surface area contributed by atoms with Crippen molar-refractivity contribution < 1.29 is 8.42 Å². The number of nitrogens with zero attached hydrogens (tertiary/aromatic N) is 2. The Hall–Kier alpha value is -2.18. The molecule has 0 atom stereocenters. The highest BCUT2D eigenvalue weighted by atomic mass is 32.2. The number of fused-ring (bicyclic) bond motifs is 1. The summed E-state index contributed by atoms with van der Waals surface area (Å²) >= 11 is 0. The van der Waals surface area contributed by atoms with Gasteiger partial charge in [-0.05, 0) is 30.2 Å². The van der Waals surface area contributed by atoms with E-state index in [-0.39, 0.29) is 12.3 Å². The molecule has 1 N–H and O–H groups in total. The summed E-state index contributed by atoms with van der Waals surface area (Å²) in [5.41, 5.74) is 4.67. The average Bonchev–Trinajstić information content (AvgIpc) is 2.88. The lowest BCUT2D eigenvalue weighted by Crippen LogP contribution is -2.24. The molecule has 120 valence electrons. The molecule has 0 aliphatic rings. The number of rotatable bonds is 5. The molecular weight excluding hydrogens is 310 g/mol. The van der Waals surface area contributed by atoms with Crippen LogP contribution in [0.4, 0.5) is 0 Å². The van der Waals surface area contributed by atoms with Gasteiger partial charge in [0, 0.05) is 13.6 Å². The van der Waals surface area contributed by atoms with E-state index in [2.05, 4.69) is 9.71 Å². The Balaban J connectivity index is 1.68. The highest BCUT2D eigenvalue weighted by Gasteiger charge is 2.11. The molecule has 6 heteroatoms. The molecule has 1 heterocycles. The van der Waals surface area contributed by atoms with E-state index in [9.17, 15) is 8.42 Å². The van der Waals surface area contributed by atoms with Crippen molar-refractivity contribution in [2.45, 2.75) is 19.2 Å². The van der Waals surface area contributed by atoms with E-state index in [1.165, 1.54) is 0 Å². The maximum atomic E-state index is 12.2. The number of aryl methyl sites for hydroxylation is 2. The highest BCUT2D eigenvalue weighted by Crippen LogP contribution is 2.14. The van der Waals surface area contributed by atoms with Crippen molar-refractivity contribution in [3.63, 3.8) is 0 Å². The Kier molecular flexibility index (Phi) is 4.19. The molecule has 3 aromatic rings. The summed E-state index contributed by atoms with van der Waals surface area (Å²) in [6.07, 6.45) is 1.75. The van der Waals surface area contributed by atoms with E-state index in [1.807, 2.05) is 61.0 Å². The maximum Gasteiger partial charge on any atom is 0.216 e. The molecule has 1 aromatic heterocycles. The first-order valence-corrected chi connectivity index (χ1v) is 9.01. The van der Waals surface area contributed by atoms with Crippen LogP contribution < -0.4 is 4.72 Å². The van der Waals surface area contributed by atoms with Crippen molar-refractivity contribution in [3.05, 3.63) is 65.5 Å². The zero-order valence-electron chi connectivity index (χ0n) is 13.2. The summed E-state index contributed by atoms with van der Waals surface area (Å²) < 4.78 is 29.0. The van der Waals surface area contributed by atoms with E-state index >= 15 is 0 Å². The largest absolute Gasteiger partial charge is 0.334 e. The standard InChI is InChI=1S/C17H19N3O2S/c1-13-3-5-14(6-4-13)11-23(21,22)19-10-15-7-8-17-16(9-15)18-12-20(17)2/h3-9,12,19H,10-11H2,1-2H3. The minimum absolute atomic E-state index is 0.0148. The van der Waals surface area contributed by atoms with E-state index in [1.54, 1.807) is 6.33 Å². The lowest BCUT2D eigenvalue weighted by atomic mass is 10.2. The molecule has 0 fully saturated rings. The van der Waals surface area contributed by atoms with Crippen LogP contribution in [0.2, 0.25) is 0 Å². The van der Waals surface area contributed by atoms with Gasteiger partial charge in [0.25, 0.3) is 0 Å². The normalized spacial score (nSPS) is 11.9. The molecule has 3 rings (SSSR count). The fraction of sp³-hybridized carbons (Fsp3) is 0.235. The average molecular weight is 329 g/mol. The van der Waals surface area contributed by atoms with Gasteiger partial charge in [0.15, 0.2) is 0 Å². The summed E-state index contributed by atoms with van der Waals surface area (Å²) in [6.45, 7) is 2.24. The third-order valence-electron chi connectivity index (χ3n) is 3.76. The Morgan fingerprint density at radius 1 is 1.09 bits per heavy atom. The number of imidazole rings is 1. The van der Waals surface area contributed by atoms with Gasteiger partial charge in [0.05, 0.1) is 23.1 Å². The van der Waals surface area contributed by atoms with Crippen LogP contribution in [0.15, 0.2) is 48.8 Å². The zero-order valence-corrected chi connectivity index (χ0v) is 14.0. The molecule has 23 heavy (non-hydrogen) atoms. The SMILES string of the molecule is Cc1ccc(CS(=O)(=O)NCc2ccc3c(c2)ncn3C)cc1. The lowest BCUT2D eigenvalue weighted by molar-refractivity contribution is 0.580. The van der Waals surface area contributed by atoms with Gasteiger partial charge in [0.1, 0.15) is 0 Å². The van der Waals surface area contributed by atoms with Crippen molar-refractivity contribution in [2.24, 2.45) is 7.05 Å². The molecule has 0 aliphatic heterocycles. The lowest BCUT2D eigenvalue weighted by Gasteiger charge is -2.07. The van der Waals surface area contributed by atoms with Crippen LogP contribution in [0.25, 0.3) is 11.0 Å². The molecule has 0 bridgehead atoms. The van der Waals surface area contributed by atoms with Gasteiger partial charge in [-0.25, -0.2) is 18.1 Å². The topological polar surface area (TPSA) is 64.0 Å². The molecule has 0 unspecified atom stereocenters. The first-order chi connectivity index (χ1) is 10.9. The third kappa shape index (κ3) is 3.78. The zero-order chi connectivity index (χ0) is 16.4. The van der Waals surface area contributed by atoms with Gasteiger partial charge in [-0.2, -0.15) is 0 Å². The van der Waals surface area contributed by atoms with E-state index in [0.29, 0.717) is 0 Å². The monoisotopic (exact) mass is 329 g/mol. The Morgan fingerprint density at radius 3 is 2.52 bits per heavy atom. The minimum atomic E-state index is -3.37. The molecule has 0 saturated carbocycles. The summed E-state index contributed by atoms with van der Waals surface area (Å²) in [5, 5.41) is 0. The van der Waals surface area contributed by atoms with Crippen LogP contribution in [-0.4, -0.2) is 18.0 Å². The van der Waals surface area contributed by atoms with Crippen molar-refractivity contribution in [2.75, 3.05) is 0 Å². The smallest absolute Gasteiger partial charge is 0.216 e. The number of hydrogen-bond donors (Lipinski definition) is 1. The second kappa shape index (κ2) is 6.14. The number of sulfonamides is 1. The van der Waals surface area contributed by atoms with Gasteiger partial charge in [0.2, 0.25) is 10.0 Å². The number of benzene rings is 2. The van der Waals surface area contributed by atoms with Gasteiger partial charge in [-0.3, -0.25) is 0 Å². The fourth-order valence-corrected chi connectivity index (χ4v) is 3.56. The van der Waals surface area contributed by atoms with Crippen molar-refractivity contribution in [1.82, 2.24) is 14.3 Å². The predicted molar refractivity (Wildman–Crippen MR) is 91.4 cm³/mol. The Morgan fingerprint density at radius 2 is 1.78 bits per heavy atom. The minimum Gasteiger partial charge on any atom is -0.334 e. The second-order valence-corrected chi connectivity index (χ2v) is 7.55. The Labute approximate surface area is 136 Å². The molecule has 0 radical (unpaired) electrons. The van der Waals surface area contributed by atoms with E-state index < -0.39 is 10.0 Å². The molecule has 2 aromatic carbocycles. The molecular formula is C17H19N3O2S. The van der Waals surface area contributed by atoms with Crippen LogP contribution in [0.1, 0.15) is 16.7 Å². The van der Waals surface area contributed by atoms with Gasteiger partial charge < -0.3 is 4.57 Å². The molecule has 0 aliphatic carbocycles. The fourth-order valence-electron chi connectivity index (χ4n) is 2.44. The Bertz CT molecular complexity index is 928. The number of hydrogen-bond acceptors (Lipinski definition) is 3. The second-order valence-electron chi connectivity index (χ2n) is 5.74. The highest BCUT2D eigenvalue weighted by molar-refractivity contribution is 7.88. The first kappa shape index (κ1) is 15.7. The van der Waals surface area contributed by atoms with Gasteiger partial charge in [-0.15, -0.1) is 0 Å². The molecule has 0 amide bonds.